The van der Waals surface area contributed by atoms with Crippen LogP contribution in [0.1, 0.15) is 107 Å². The zero-order chi connectivity index (χ0) is 51.1. The van der Waals surface area contributed by atoms with Crippen LogP contribution in [0.15, 0.2) is 24.3 Å². The molecule has 6 amide bonds. The van der Waals surface area contributed by atoms with Crippen molar-refractivity contribution in [1.82, 2.24) is 30.7 Å². The summed E-state index contributed by atoms with van der Waals surface area (Å²) < 4.78 is 41.7. The Hall–Kier alpha value is -4.33. The molecule has 19 heteroatoms. The number of sulfone groups is 1. The van der Waals surface area contributed by atoms with Gasteiger partial charge in [0.2, 0.25) is 29.5 Å². The van der Waals surface area contributed by atoms with Crippen molar-refractivity contribution in [3.8, 4) is 0 Å². The van der Waals surface area contributed by atoms with E-state index in [0.717, 1.165) is 6.26 Å². The molecule has 0 saturated carbocycles. The molecule has 18 nitrogen and oxygen atoms in total. The number of carbonyl (C=O) groups is 6. The normalized spacial score (nSPS) is 18.0. The number of nitrogens with zero attached hydrogens (tertiary/aromatic N) is 3. The summed E-state index contributed by atoms with van der Waals surface area (Å²) in [4.78, 5) is 87.1. The summed E-state index contributed by atoms with van der Waals surface area (Å²) in [7, 11) is 4.83. The predicted octanol–water partition coefficient (Wildman–Crippen LogP) is 4.22. The topological polar surface area (TPSA) is 222 Å². The van der Waals surface area contributed by atoms with Gasteiger partial charge in [-0.3, -0.25) is 34.2 Å². The maximum atomic E-state index is 14.4. The molecular formula is C48H83N7O11S. The number of carbonyl (C=O) groups excluding carboxylic acids is 6. The minimum Gasteiger partial charge on any atom is -0.444 e. The SMILES string of the molecule is CC[C@H](C)[C@@H]([C@@H](CC(=O)N1CCC[C@H]1[C@H](OC)[C@@H](C)C(=O)N[C@@H](CCS(C)(=O)=O)C(=O)NCc1ccc(NC(=O)OC(C)(C)C)cc1)OC)N(C)C(=O)[C@@H](NC(=O)[C@H](C(C)C)N(C)C)C(C)C. The van der Waals surface area contributed by atoms with Crippen LogP contribution in [0.2, 0.25) is 0 Å². The van der Waals surface area contributed by atoms with Gasteiger partial charge in [-0.05, 0) is 89.6 Å². The first-order chi connectivity index (χ1) is 31.1. The van der Waals surface area contributed by atoms with Crippen LogP contribution in [0, 0.1) is 23.7 Å². The molecule has 0 aromatic heterocycles. The number of anilines is 1. The van der Waals surface area contributed by atoms with Crippen molar-refractivity contribution in [3.63, 3.8) is 0 Å². The van der Waals surface area contributed by atoms with Crippen LogP contribution < -0.4 is 21.3 Å². The zero-order valence-corrected chi connectivity index (χ0v) is 43.9. The van der Waals surface area contributed by atoms with E-state index in [1.807, 2.05) is 60.5 Å². The Labute approximate surface area is 400 Å². The number of rotatable bonds is 25. The van der Waals surface area contributed by atoms with Gasteiger partial charge in [-0.2, -0.15) is 0 Å². The van der Waals surface area contributed by atoms with E-state index in [-0.39, 0.29) is 60.6 Å². The Morgan fingerprint density at radius 2 is 1.48 bits per heavy atom. The largest absolute Gasteiger partial charge is 0.444 e. The Balaban J connectivity index is 2.27. The van der Waals surface area contributed by atoms with Crippen LogP contribution in [-0.4, -0.2) is 161 Å². The monoisotopic (exact) mass is 966 g/mol. The Morgan fingerprint density at radius 3 is 1.97 bits per heavy atom. The fourth-order valence-electron chi connectivity index (χ4n) is 8.75. The summed E-state index contributed by atoms with van der Waals surface area (Å²) in [5.41, 5.74) is 0.497. The predicted molar refractivity (Wildman–Crippen MR) is 260 cm³/mol. The lowest BCUT2D eigenvalue weighted by molar-refractivity contribution is -0.148. The lowest BCUT2D eigenvalue weighted by Gasteiger charge is -2.41. The Morgan fingerprint density at radius 1 is 0.866 bits per heavy atom. The third kappa shape index (κ3) is 18.3. The van der Waals surface area contributed by atoms with Crippen LogP contribution >= 0.6 is 0 Å². The number of ether oxygens (including phenoxy) is 3. The third-order valence-corrected chi connectivity index (χ3v) is 13.4. The molecule has 1 aromatic rings. The highest BCUT2D eigenvalue weighted by Crippen LogP contribution is 2.30. The van der Waals surface area contributed by atoms with Gasteiger partial charge < -0.3 is 40.0 Å². The maximum absolute atomic E-state index is 14.4. The summed E-state index contributed by atoms with van der Waals surface area (Å²) in [5.74, 6) is -3.45. The number of likely N-dealkylation sites (N-methyl/N-ethyl adjacent to an activating group) is 2. The summed E-state index contributed by atoms with van der Waals surface area (Å²) in [6, 6.07) is 3.20. The van der Waals surface area contributed by atoms with E-state index in [2.05, 4.69) is 21.3 Å². The second-order valence-electron chi connectivity index (χ2n) is 20.0. The molecule has 1 aliphatic rings. The van der Waals surface area contributed by atoms with Crippen molar-refractivity contribution in [3.05, 3.63) is 29.8 Å². The fourth-order valence-corrected chi connectivity index (χ4v) is 9.42. The smallest absolute Gasteiger partial charge is 0.412 e. The molecule has 9 atom stereocenters. The lowest BCUT2D eigenvalue weighted by Crippen LogP contribution is -2.59. The van der Waals surface area contributed by atoms with E-state index in [1.54, 1.807) is 68.8 Å². The Bertz CT molecular complexity index is 1900. The first kappa shape index (κ1) is 58.8. The van der Waals surface area contributed by atoms with Gasteiger partial charge in [0.25, 0.3) is 0 Å². The molecule has 1 fully saturated rings. The van der Waals surface area contributed by atoms with E-state index in [1.165, 1.54) is 14.2 Å². The van der Waals surface area contributed by atoms with Gasteiger partial charge >= 0.3 is 6.09 Å². The van der Waals surface area contributed by atoms with E-state index >= 15 is 0 Å². The molecule has 1 saturated heterocycles. The summed E-state index contributed by atoms with van der Waals surface area (Å²) in [5, 5.41) is 11.2. The molecule has 0 spiro atoms. The quantitative estimate of drug-likeness (QED) is 0.108. The maximum Gasteiger partial charge on any atom is 0.412 e. The molecular weight excluding hydrogens is 883 g/mol. The fraction of sp³-hybridized carbons (Fsp3) is 0.750. The van der Waals surface area contributed by atoms with Crippen LogP contribution in [0.25, 0.3) is 0 Å². The third-order valence-electron chi connectivity index (χ3n) is 12.4. The first-order valence-corrected chi connectivity index (χ1v) is 25.6. The first-order valence-electron chi connectivity index (χ1n) is 23.5. The molecule has 0 radical (unpaired) electrons. The zero-order valence-electron chi connectivity index (χ0n) is 43.1. The van der Waals surface area contributed by atoms with E-state index in [0.29, 0.717) is 37.1 Å². The molecule has 1 aliphatic heterocycles. The van der Waals surface area contributed by atoms with E-state index in [4.69, 9.17) is 14.2 Å². The average Bonchev–Trinajstić information content (AvgIpc) is 3.71. The highest BCUT2D eigenvalue weighted by molar-refractivity contribution is 7.90. The summed E-state index contributed by atoms with van der Waals surface area (Å²) in [6.45, 7) is 19.1. The average molecular weight is 966 g/mol. The second-order valence-corrected chi connectivity index (χ2v) is 22.3. The number of hydrogen-bond acceptors (Lipinski definition) is 12. The van der Waals surface area contributed by atoms with Gasteiger partial charge in [0.1, 0.15) is 27.5 Å². The molecule has 4 N–H and O–H groups in total. The van der Waals surface area contributed by atoms with Crippen molar-refractivity contribution in [2.24, 2.45) is 23.7 Å². The highest BCUT2D eigenvalue weighted by Gasteiger charge is 2.43. The summed E-state index contributed by atoms with van der Waals surface area (Å²) >= 11 is 0. The molecule has 0 bridgehead atoms. The van der Waals surface area contributed by atoms with Crippen LogP contribution in [-0.2, 0) is 54.6 Å². The van der Waals surface area contributed by atoms with Crippen LogP contribution in [0.5, 0.6) is 0 Å². The molecule has 0 unspecified atom stereocenters. The summed E-state index contributed by atoms with van der Waals surface area (Å²) in [6.07, 6.45) is 0.554. The molecule has 382 valence electrons. The second kappa shape index (κ2) is 26.4. The van der Waals surface area contributed by atoms with Crippen molar-refractivity contribution in [2.75, 3.05) is 59.2 Å². The molecule has 67 heavy (non-hydrogen) atoms. The van der Waals surface area contributed by atoms with Crippen molar-refractivity contribution in [2.45, 2.75) is 156 Å². The van der Waals surface area contributed by atoms with Gasteiger partial charge in [0.15, 0.2) is 0 Å². The highest BCUT2D eigenvalue weighted by atomic mass is 32.2. The number of methoxy groups -OCH3 is 2. The number of hydrogen-bond donors (Lipinski definition) is 4. The van der Waals surface area contributed by atoms with Crippen molar-refractivity contribution >= 4 is 51.2 Å². The molecule has 1 aromatic carbocycles. The lowest BCUT2D eigenvalue weighted by atomic mass is 9.89. The van der Waals surface area contributed by atoms with Crippen LogP contribution in [0.3, 0.4) is 0 Å². The molecule has 0 aliphatic carbocycles. The van der Waals surface area contributed by atoms with Gasteiger partial charge in [0, 0.05) is 46.3 Å². The standard InChI is InChI=1S/C48H83N7O11S/c1-17-31(6)41(54(13)46(60)39(29(2)3)52-45(59)40(30(4)5)53(11)12)37(64-14)27-38(56)55-25-18-19-36(55)42(65-15)32(7)43(57)51-35(24-26-67(16,62)63)44(58)49-28-33-20-22-34(23-21-33)50-47(61)66-48(8,9)10/h20-23,29-32,35-37,39-42H,17-19,24-28H2,1-16H3,(H,49,58)(H,50,61)(H,51,57)(H,52,59)/t31-,32+,35-,36-,37+,39-,40-,41-,42+/m0/s1. The Kier molecular flexibility index (Phi) is 23.2. The van der Waals surface area contributed by atoms with Gasteiger partial charge in [-0.25, -0.2) is 13.2 Å². The van der Waals surface area contributed by atoms with Crippen molar-refractivity contribution < 1.29 is 51.4 Å². The number of nitrogens with one attached hydrogen (secondary N) is 4. The van der Waals surface area contributed by atoms with E-state index < -0.39 is 81.7 Å². The molecule has 2 rings (SSSR count). The number of benzene rings is 1. The van der Waals surface area contributed by atoms with E-state index in [9.17, 15) is 37.2 Å². The number of amides is 6. The minimum atomic E-state index is -3.51. The van der Waals surface area contributed by atoms with Crippen molar-refractivity contribution in [1.29, 1.82) is 0 Å². The molecule has 1 heterocycles. The van der Waals surface area contributed by atoms with Gasteiger partial charge in [0.05, 0.1) is 48.4 Å². The van der Waals surface area contributed by atoms with Crippen LogP contribution in [0.4, 0.5) is 10.5 Å². The van der Waals surface area contributed by atoms with Gasteiger partial charge in [-0.15, -0.1) is 0 Å². The number of likely N-dealkylation sites (tertiary alicyclic amines) is 1. The minimum absolute atomic E-state index is 0.00697. The van der Waals surface area contributed by atoms with Gasteiger partial charge in [-0.1, -0.05) is 67.0 Å².